The van der Waals surface area contributed by atoms with Crippen molar-refractivity contribution in [1.29, 1.82) is 0 Å². The lowest BCUT2D eigenvalue weighted by molar-refractivity contribution is -0.384. The molecule has 0 aliphatic rings. The van der Waals surface area contributed by atoms with Crippen LogP contribution in [0.2, 0.25) is 0 Å². The maximum absolute atomic E-state index is 12.8. The smallest absolute Gasteiger partial charge is 0.338 e. The summed E-state index contributed by atoms with van der Waals surface area (Å²) >= 11 is 0. The van der Waals surface area contributed by atoms with E-state index in [4.69, 9.17) is 4.74 Å². The van der Waals surface area contributed by atoms with Crippen LogP contribution in [0.5, 0.6) is 0 Å². The molecule has 0 atom stereocenters. The monoisotopic (exact) mass is 389 g/mol. The molecule has 9 heteroatoms. The van der Waals surface area contributed by atoms with Crippen LogP contribution in [0.25, 0.3) is 0 Å². The highest BCUT2D eigenvalue weighted by Crippen LogP contribution is 2.27. The summed E-state index contributed by atoms with van der Waals surface area (Å²) in [6.07, 6.45) is 0.498. The number of hydrogen-bond acceptors (Lipinski definition) is 6. The molecule has 0 spiro atoms. The van der Waals surface area contributed by atoms with Crippen molar-refractivity contribution in [3.05, 3.63) is 69.5 Å². The second-order valence-corrected chi connectivity index (χ2v) is 6.16. The number of rotatable bonds is 8. The van der Waals surface area contributed by atoms with Gasteiger partial charge in [-0.25, -0.2) is 9.18 Å². The Kier molecular flexibility index (Phi) is 7.02. The lowest BCUT2D eigenvalue weighted by atomic mass is 10.1. The number of hydrogen-bond donors (Lipinski definition) is 1. The van der Waals surface area contributed by atoms with Gasteiger partial charge in [0.25, 0.3) is 11.6 Å². The summed E-state index contributed by atoms with van der Waals surface area (Å²) in [4.78, 5) is 36.0. The van der Waals surface area contributed by atoms with E-state index in [2.05, 4.69) is 5.32 Å². The highest BCUT2D eigenvalue weighted by atomic mass is 19.1. The number of benzene rings is 2. The third-order valence-corrected chi connectivity index (χ3v) is 3.87. The predicted octanol–water partition coefficient (Wildman–Crippen LogP) is 2.32. The largest absolute Gasteiger partial charge is 0.452 e. The first-order valence-electron chi connectivity index (χ1n) is 8.42. The zero-order valence-corrected chi connectivity index (χ0v) is 15.5. The second kappa shape index (κ2) is 9.45. The quantitative estimate of drug-likeness (QED) is 0.422. The first kappa shape index (κ1) is 20.8. The van der Waals surface area contributed by atoms with Crippen LogP contribution in [0.15, 0.2) is 42.5 Å². The molecule has 0 aliphatic carbocycles. The maximum Gasteiger partial charge on any atom is 0.338 e. The van der Waals surface area contributed by atoms with E-state index in [-0.39, 0.29) is 17.1 Å². The van der Waals surface area contributed by atoms with E-state index in [1.165, 1.54) is 24.3 Å². The average Bonchev–Trinajstić information content (AvgIpc) is 2.67. The molecule has 0 unspecified atom stereocenters. The molecular formula is C19H20FN3O5. The van der Waals surface area contributed by atoms with Crippen LogP contribution in [-0.2, 0) is 16.0 Å². The molecule has 1 amide bonds. The molecule has 148 valence electrons. The topological polar surface area (TPSA) is 102 Å². The molecule has 2 aromatic rings. The van der Waals surface area contributed by atoms with Gasteiger partial charge in [0.05, 0.1) is 10.5 Å². The van der Waals surface area contributed by atoms with Gasteiger partial charge in [0.1, 0.15) is 11.5 Å². The zero-order chi connectivity index (χ0) is 20.7. The first-order chi connectivity index (χ1) is 13.3. The fraction of sp³-hybridized carbons (Fsp3) is 0.263. The van der Waals surface area contributed by atoms with E-state index in [0.29, 0.717) is 18.7 Å². The molecule has 28 heavy (non-hydrogen) atoms. The van der Waals surface area contributed by atoms with Crippen LogP contribution >= 0.6 is 0 Å². The highest BCUT2D eigenvalue weighted by molar-refractivity contribution is 5.93. The van der Waals surface area contributed by atoms with Crippen molar-refractivity contribution in [3.63, 3.8) is 0 Å². The van der Waals surface area contributed by atoms with Gasteiger partial charge in [0.15, 0.2) is 6.61 Å². The Morgan fingerprint density at radius 3 is 2.46 bits per heavy atom. The standard InChI is InChI=1S/C19H20FN3O5/c1-22(2)16-8-5-14(11-17(16)23(26)27)19(25)28-12-18(24)21-10-9-13-3-6-15(20)7-4-13/h3-8,11H,9-10,12H2,1-2H3,(H,21,24). The third kappa shape index (κ3) is 5.76. The summed E-state index contributed by atoms with van der Waals surface area (Å²) in [6.45, 7) is -0.212. The molecule has 0 bridgehead atoms. The Morgan fingerprint density at radius 2 is 1.86 bits per heavy atom. The SMILES string of the molecule is CN(C)c1ccc(C(=O)OCC(=O)NCCc2ccc(F)cc2)cc1[N+](=O)[O-]. The average molecular weight is 389 g/mol. The molecule has 0 radical (unpaired) electrons. The van der Waals surface area contributed by atoms with Crippen molar-refractivity contribution < 1.29 is 23.6 Å². The van der Waals surface area contributed by atoms with Crippen molar-refractivity contribution in [2.24, 2.45) is 0 Å². The van der Waals surface area contributed by atoms with E-state index in [1.54, 1.807) is 31.1 Å². The molecule has 2 rings (SSSR count). The van der Waals surface area contributed by atoms with Crippen LogP contribution in [0.1, 0.15) is 15.9 Å². The Morgan fingerprint density at radius 1 is 1.18 bits per heavy atom. The lowest BCUT2D eigenvalue weighted by Crippen LogP contribution is -2.30. The number of nitro benzene ring substituents is 1. The lowest BCUT2D eigenvalue weighted by Gasteiger charge is -2.13. The number of nitrogens with one attached hydrogen (secondary N) is 1. The van der Waals surface area contributed by atoms with Gasteiger partial charge in [-0.15, -0.1) is 0 Å². The summed E-state index contributed by atoms with van der Waals surface area (Å²) in [6, 6.07) is 9.86. The molecule has 0 aliphatic heterocycles. The van der Waals surface area contributed by atoms with Crippen LogP contribution < -0.4 is 10.2 Å². The van der Waals surface area contributed by atoms with Crippen molar-refractivity contribution in [3.8, 4) is 0 Å². The second-order valence-electron chi connectivity index (χ2n) is 6.16. The number of amides is 1. The summed E-state index contributed by atoms with van der Waals surface area (Å²) in [5.41, 5.74) is 0.951. The minimum atomic E-state index is -0.831. The minimum Gasteiger partial charge on any atom is -0.452 e. The van der Waals surface area contributed by atoms with Crippen LogP contribution in [0.3, 0.4) is 0 Å². The summed E-state index contributed by atoms with van der Waals surface area (Å²) in [5.74, 6) is -1.67. The third-order valence-electron chi connectivity index (χ3n) is 3.87. The van der Waals surface area contributed by atoms with E-state index in [9.17, 15) is 24.1 Å². The van der Waals surface area contributed by atoms with Crippen LogP contribution in [-0.4, -0.2) is 44.0 Å². The van der Waals surface area contributed by atoms with E-state index in [1.807, 2.05) is 0 Å². The van der Waals surface area contributed by atoms with Crippen molar-refractivity contribution >= 4 is 23.3 Å². The van der Waals surface area contributed by atoms with E-state index in [0.717, 1.165) is 11.6 Å². The fourth-order valence-electron chi connectivity index (χ4n) is 2.44. The minimum absolute atomic E-state index is 0.0172. The Bertz CT molecular complexity index is 868. The molecule has 1 N–H and O–H groups in total. The number of nitrogens with zero attached hydrogens (tertiary/aromatic N) is 2. The van der Waals surface area contributed by atoms with Crippen LogP contribution in [0.4, 0.5) is 15.8 Å². The van der Waals surface area contributed by atoms with Gasteiger partial charge in [0, 0.05) is 26.7 Å². The van der Waals surface area contributed by atoms with Gasteiger partial charge < -0.3 is 15.0 Å². The highest BCUT2D eigenvalue weighted by Gasteiger charge is 2.20. The Balaban J connectivity index is 1.85. The number of halogens is 1. The maximum atomic E-state index is 12.8. The molecular weight excluding hydrogens is 369 g/mol. The number of anilines is 1. The Labute approximate surface area is 161 Å². The van der Waals surface area contributed by atoms with Gasteiger partial charge in [-0.05, 0) is 36.2 Å². The first-order valence-corrected chi connectivity index (χ1v) is 8.42. The van der Waals surface area contributed by atoms with Gasteiger partial charge in [-0.1, -0.05) is 12.1 Å². The molecule has 2 aromatic carbocycles. The molecule has 0 aromatic heterocycles. The van der Waals surface area contributed by atoms with Gasteiger partial charge in [0.2, 0.25) is 0 Å². The Hall–Kier alpha value is -3.49. The number of esters is 1. The number of nitro groups is 1. The zero-order valence-electron chi connectivity index (χ0n) is 15.5. The summed E-state index contributed by atoms with van der Waals surface area (Å²) < 4.78 is 17.7. The van der Waals surface area contributed by atoms with E-state index >= 15 is 0 Å². The number of carbonyl (C=O) groups excluding carboxylic acids is 2. The molecule has 0 saturated heterocycles. The van der Waals surface area contributed by atoms with Crippen molar-refractivity contribution in [2.45, 2.75) is 6.42 Å². The molecule has 8 nitrogen and oxygen atoms in total. The van der Waals surface area contributed by atoms with Gasteiger partial charge in [-0.2, -0.15) is 0 Å². The van der Waals surface area contributed by atoms with Crippen LogP contribution in [0, 0.1) is 15.9 Å². The molecule has 0 saturated carbocycles. The van der Waals surface area contributed by atoms with Gasteiger partial charge >= 0.3 is 5.97 Å². The molecule has 0 fully saturated rings. The van der Waals surface area contributed by atoms with Crippen molar-refractivity contribution in [1.82, 2.24) is 5.32 Å². The van der Waals surface area contributed by atoms with E-state index < -0.39 is 23.4 Å². The molecule has 0 heterocycles. The van der Waals surface area contributed by atoms with Gasteiger partial charge in [-0.3, -0.25) is 14.9 Å². The summed E-state index contributed by atoms with van der Waals surface area (Å²) in [7, 11) is 3.30. The fourth-order valence-corrected chi connectivity index (χ4v) is 2.44. The normalized spacial score (nSPS) is 10.2. The number of carbonyl (C=O) groups is 2. The van der Waals surface area contributed by atoms with Crippen molar-refractivity contribution in [2.75, 3.05) is 32.1 Å². The predicted molar refractivity (Wildman–Crippen MR) is 101 cm³/mol. The number of ether oxygens (including phenoxy) is 1. The summed E-state index contributed by atoms with van der Waals surface area (Å²) in [5, 5.41) is 13.7.